The smallest absolute Gasteiger partial charge is 0.0431 e. The molecule has 1 aliphatic heterocycles. The van der Waals surface area contributed by atoms with Gasteiger partial charge in [-0.15, -0.1) is 0 Å². The minimum absolute atomic E-state index is 0.339. The topological polar surface area (TPSA) is 35.5 Å². The van der Waals surface area contributed by atoms with Crippen LogP contribution in [-0.2, 0) is 0 Å². The summed E-state index contributed by atoms with van der Waals surface area (Å²) >= 11 is 0. The van der Waals surface area contributed by atoms with Gasteiger partial charge < -0.3 is 15.3 Å². The lowest BCUT2D eigenvalue weighted by Gasteiger charge is -2.20. The van der Waals surface area contributed by atoms with Crippen LogP contribution in [0.25, 0.3) is 0 Å². The van der Waals surface area contributed by atoms with Gasteiger partial charge >= 0.3 is 0 Å². The Morgan fingerprint density at radius 3 is 2.62 bits per heavy atom. The molecular formula is C13H28N2O. The molecule has 0 aromatic heterocycles. The molecule has 16 heavy (non-hydrogen) atoms. The molecule has 1 heterocycles. The summed E-state index contributed by atoms with van der Waals surface area (Å²) in [6.07, 6.45) is 6.06. The van der Waals surface area contributed by atoms with E-state index < -0.39 is 0 Å². The van der Waals surface area contributed by atoms with Gasteiger partial charge in [0.25, 0.3) is 0 Å². The summed E-state index contributed by atoms with van der Waals surface area (Å²) < 4.78 is 0. The fourth-order valence-electron chi connectivity index (χ4n) is 2.36. The van der Waals surface area contributed by atoms with Gasteiger partial charge in [-0.05, 0) is 64.2 Å². The highest BCUT2D eigenvalue weighted by molar-refractivity contribution is 4.69. The molecule has 1 rings (SSSR count). The van der Waals surface area contributed by atoms with Crippen molar-refractivity contribution in [3.63, 3.8) is 0 Å². The van der Waals surface area contributed by atoms with Crippen molar-refractivity contribution in [2.45, 2.75) is 39.0 Å². The molecule has 0 aromatic carbocycles. The highest BCUT2D eigenvalue weighted by Crippen LogP contribution is 2.09. The zero-order valence-electron chi connectivity index (χ0n) is 10.7. The first-order chi connectivity index (χ1) is 7.83. The number of nitrogens with zero attached hydrogens (tertiary/aromatic N) is 1. The second kappa shape index (κ2) is 8.97. The molecule has 1 saturated heterocycles. The second-order valence-corrected chi connectivity index (χ2v) is 5.10. The third kappa shape index (κ3) is 6.46. The van der Waals surface area contributed by atoms with Gasteiger partial charge in [0.2, 0.25) is 0 Å². The summed E-state index contributed by atoms with van der Waals surface area (Å²) in [7, 11) is 0. The first kappa shape index (κ1) is 13.9. The van der Waals surface area contributed by atoms with Crippen molar-refractivity contribution in [1.29, 1.82) is 0 Å². The fourth-order valence-corrected chi connectivity index (χ4v) is 2.36. The Kier molecular flexibility index (Phi) is 7.81. The Balaban J connectivity index is 1.87. The monoisotopic (exact) mass is 228 g/mol. The molecule has 0 spiro atoms. The molecule has 0 aliphatic carbocycles. The summed E-state index contributed by atoms with van der Waals surface area (Å²) in [6, 6.07) is 0. The Hall–Kier alpha value is -0.120. The maximum Gasteiger partial charge on any atom is 0.0431 e. The van der Waals surface area contributed by atoms with E-state index in [0.717, 1.165) is 31.8 Å². The Labute approximate surface area is 100 Å². The lowest BCUT2D eigenvalue weighted by Crippen LogP contribution is -2.32. The molecule has 1 atom stereocenters. The maximum atomic E-state index is 8.64. The summed E-state index contributed by atoms with van der Waals surface area (Å²) in [4.78, 5) is 2.58. The molecule has 1 aliphatic rings. The van der Waals surface area contributed by atoms with E-state index in [4.69, 9.17) is 5.11 Å². The normalized spacial score (nSPS) is 19.1. The van der Waals surface area contributed by atoms with E-state index in [2.05, 4.69) is 17.1 Å². The van der Waals surface area contributed by atoms with E-state index in [1.54, 1.807) is 0 Å². The van der Waals surface area contributed by atoms with Crippen LogP contribution in [0.3, 0.4) is 0 Å². The highest BCUT2D eigenvalue weighted by Gasteiger charge is 2.13. The Bertz CT molecular complexity index is 158. The molecule has 1 unspecified atom stereocenters. The molecule has 3 heteroatoms. The molecular weight excluding hydrogens is 200 g/mol. The van der Waals surface area contributed by atoms with Crippen LogP contribution in [0.15, 0.2) is 0 Å². The van der Waals surface area contributed by atoms with Crippen molar-refractivity contribution < 1.29 is 5.11 Å². The average molecular weight is 228 g/mol. The van der Waals surface area contributed by atoms with E-state index in [1.807, 2.05) is 0 Å². The SMILES string of the molecule is CC(CNCCCCCO)CN1CCCC1. The first-order valence-electron chi connectivity index (χ1n) is 6.87. The number of hydrogen-bond acceptors (Lipinski definition) is 3. The summed E-state index contributed by atoms with van der Waals surface area (Å²) in [5.74, 6) is 0.760. The molecule has 1 fully saturated rings. The van der Waals surface area contributed by atoms with E-state index >= 15 is 0 Å². The average Bonchev–Trinajstić information content (AvgIpc) is 2.76. The first-order valence-corrected chi connectivity index (χ1v) is 6.87. The number of hydrogen-bond donors (Lipinski definition) is 2. The van der Waals surface area contributed by atoms with Crippen molar-refractivity contribution in [1.82, 2.24) is 10.2 Å². The predicted octanol–water partition coefficient (Wildman–Crippen LogP) is 1.47. The van der Waals surface area contributed by atoms with Crippen LogP contribution in [0, 0.1) is 5.92 Å². The lowest BCUT2D eigenvalue weighted by atomic mass is 10.1. The Morgan fingerprint density at radius 1 is 1.19 bits per heavy atom. The van der Waals surface area contributed by atoms with Gasteiger partial charge in [0.1, 0.15) is 0 Å². The number of unbranched alkanes of at least 4 members (excludes halogenated alkanes) is 2. The summed E-state index contributed by atoms with van der Waals surface area (Å²) in [5, 5.41) is 12.2. The molecule has 0 bridgehead atoms. The number of likely N-dealkylation sites (tertiary alicyclic amines) is 1. The quantitative estimate of drug-likeness (QED) is 0.587. The predicted molar refractivity (Wildman–Crippen MR) is 68.6 cm³/mol. The van der Waals surface area contributed by atoms with Gasteiger partial charge in [0, 0.05) is 13.2 Å². The van der Waals surface area contributed by atoms with Gasteiger partial charge in [-0.25, -0.2) is 0 Å². The molecule has 2 N–H and O–H groups in total. The fraction of sp³-hybridized carbons (Fsp3) is 1.00. The second-order valence-electron chi connectivity index (χ2n) is 5.10. The van der Waals surface area contributed by atoms with Crippen molar-refractivity contribution in [3.8, 4) is 0 Å². The maximum absolute atomic E-state index is 8.64. The molecule has 0 radical (unpaired) electrons. The zero-order chi connectivity index (χ0) is 11.6. The molecule has 0 saturated carbocycles. The molecule has 0 aromatic rings. The van der Waals surface area contributed by atoms with E-state index in [9.17, 15) is 0 Å². The lowest BCUT2D eigenvalue weighted by molar-refractivity contribution is 0.277. The van der Waals surface area contributed by atoms with Gasteiger partial charge in [-0.2, -0.15) is 0 Å². The van der Waals surface area contributed by atoms with Crippen LogP contribution in [0.1, 0.15) is 39.0 Å². The number of aliphatic hydroxyl groups excluding tert-OH is 1. The Morgan fingerprint density at radius 2 is 1.94 bits per heavy atom. The van der Waals surface area contributed by atoms with Gasteiger partial charge in [0.05, 0.1) is 0 Å². The molecule has 96 valence electrons. The third-order valence-corrected chi connectivity index (χ3v) is 3.27. The molecule has 3 nitrogen and oxygen atoms in total. The largest absolute Gasteiger partial charge is 0.396 e. The van der Waals surface area contributed by atoms with Crippen LogP contribution in [0.5, 0.6) is 0 Å². The van der Waals surface area contributed by atoms with Gasteiger partial charge in [-0.1, -0.05) is 6.92 Å². The van der Waals surface area contributed by atoms with Crippen LogP contribution in [0.4, 0.5) is 0 Å². The zero-order valence-corrected chi connectivity index (χ0v) is 10.7. The number of nitrogens with one attached hydrogen (secondary N) is 1. The van der Waals surface area contributed by atoms with Crippen molar-refractivity contribution in [2.24, 2.45) is 5.92 Å². The summed E-state index contributed by atoms with van der Waals surface area (Å²) in [5.41, 5.74) is 0. The van der Waals surface area contributed by atoms with Crippen LogP contribution >= 0.6 is 0 Å². The summed E-state index contributed by atoms with van der Waals surface area (Å²) in [6.45, 7) is 8.77. The minimum atomic E-state index is 0.339. The van der Waals surface area contributed by atoms with Crippen LogP contribution in [0.2, 0.25) is 0 Å². The molecule has 0 amide bonds. The number of rotatable bonds is 9. The number of aliphatic hydroxyl groups is 1. The van der Waals surface area contributed by atoms with Crippen LogP contribution < -0.4 is 5.32 Å². The van der Waals surface area contributed by atoms with E-state index in [-0.39, 0.29) is 0 Å². The van der Waals surface area contributed by atoms with Crippen molar-refractivity contribution in [3.05, 3.63) is 0 Å². The van der Waals surface area contributed by atoms with Crippen molar-refractivity contribution >= 4 is 0 Å². The van der Waals surface area contributed by atoms with E-state index in [1.165, 1.54) is 38.9 Å². The van der Waals surface area contributed by atoms with Gasteiger partial charge in [0.15, 0.2) is 0 Å². The van der Waals surface area contributed by atoms with E-state index in [0.29, 0.717) is 6.61 Å². The third-order valence-electron chi connectivity index (χ3n) is 3.27. The van der Waals surface area contributed by atoms with Crippen molar-refractivity contribution in [2.75, 3.05) is 39.3 Å². The minimum Gasteiger partial charge on any atom is -0.396 e. The van der Waals surface area contributed by atoms with Gasteiger partial charge in [-0.3, -0.25) is 0 Å². The van der Waals surface area contributed by atoms with Crippen LogP contribution in [-0.4, -0.2) is 49.3 Å². The highest BCUT2D eigenvalue weighted by atomic mass is 16.2. The standard InChI is InChI=1S/C13H28N2O/c1-13(12-15-8-4-5-9-15)11-14-7-3-2-6-10-16/h13-14,16H,2-12H2,1H3.